The van der Waals surface area contributed by atoms with Crippen molar-refractivity contribution in [1.82, 2.24) is 10.2 Å². The van der Waals surface area contributed by atoms with Crippen molar-refractivity contribution in [2.24, 2.45) is 11.7 Å². The fraction of sp³-hybridized carbons (Fsp3) is 0.632. The molecule has 28 heavy (non-hydrogen) atoms. The molecule has 1 aromatic carbocycles. The first-order valence-electron chi connectivity index (χ1n) is 9.37. The molecule has 9 heteroatoms. The first-order chi connectivity index (χ1) is 12.1. The molecule has 3 N–H and O–H groups in total. The molecular weight excluding hydrogens is 426 g/mol. The second-order valence-corrected chi connectivity index (χ2v) is 7.21. The number of nitrogens with zero attached hydrogens (tertiary/aromatic N) is 2. The van der Waals surface area contributed by atoms with Gasteiger partial charge in [0.15, 0.2) is 0 Å². The summed E-state index contributed by atoms with van der Waals surface area (Å²) < 4.78 is 13.0. The number of hydrogen-bond acceptors (Lipinski definition) is 4. The number of rotatable bonds is 6. The third-order valence-electron chi connectivity index (χ3n) is 5.48. The number of nitrogens with one attached hydrogen (secondary N) is 1. The lowest BCUT2D eigenvalue weighted by Gasteiger charge is -2.36. The van der Waals surface area contributed by atoms with Crippen LogP contribution in [0.15, 0.2) is 24.3 Å². The van der Waals surface area contributed by atoms with Crippen molar-refractivity contribution in [1.29, 1.82) is 0 Å². The van der Waals surface area contributed by atoms with Gasteiger partial charge in [-0.3, -0.25) is 9.69 Å². The van der Waals surface area contributed by atoms with E-state index in [1.54, 1.807) is 0 Å². The van der Waals surface area contributed by atoms with Gasteiger partial charge < -0.3 is 16.0 Å². The Morgan fingerprint density at radius 3 is 2.29 bits per heavy atom. The average Bonchev–Trinajstić information content (AvgIpc) is 3.01. The molecule has 0 bridgehead atoms. The number of halogens is 4. The molecule has 1 saturated heterocycles. The van der Waals surface area contributed by atoms with E-state index in [-0.39, 0.29) is 55.0 Å². The summed E-state index contributed by atoms with van der Waals surface area (Å²) in [5.41, 5.74) is 7.10. The van der Waals surface area contributed by atoms with Crippen LogP contribution < -0.4 is 16.0 Å². The van der Waals surface area contributed by atoms with Gasteiger partial charge in [-0.05, 0) is 43.0 Å². The van der Waals surface area contributed by atoms with Crippen molar-refractivity contribution in [3.63, 3.8) is 0 Å². The number of carbonyl (C=O) groups excluding carboxylic acids is 1. The van der Waals surface area contributed by atoms with E-state index >= 15 is 0 Å². The van der Waals surface area contributed by atoms with Crippen molar-refractivity contribution < 1.29 is 9.18 Å². The fourth-order valence-corrected chi connectivity index (χ4v) is 3.86. The molecule has 2 fully saturated rings. The van der Waals surface area contributed by atoms with E-state index in [2.05, 4.69) is 15.1 Å². The molecule has 1 aromatic rings. The van der Waals surface area contributed by atoms with Gasteiger partial charge in [0, 0.05) is 57.4 Å². The molecule has 2 aliphatic rings. The molecule has 0 radical (unpaired) electrons. The summed E-state index contributed by atoms with van der Waals surface area (Å²) in [5, 5.41) is 3.04. The standard InChI is InChI=1S/C19H29FN4O.3ClH/c20-16-4-6-17(7-5-16)24-12-10-23(11-13-24)9-8-22-19(25)14-15-2-1-3-18(15)21;;;/h4-7,15,18H,1-3,8-14,21H2,(H,22,25);3*1H/t15-,18+;;;/m0.../s1. The quantitative estimate of drug-likeness (QED) is 0.689. The van der Waals surface area contributed by atoms with E-state index in [4.69, 9.17) is 5.73 Å². The minimum Gasteiger partial charge on any atom is -0.369 e. The molecule has 1 amide bonds. The zero-order valence-electron chi connectivity index (χ0n) is 16.0. The van der Waals surface area contributed by atoms with Crippen LogP contribution in [0.3, 0.4) is 0 Å². The summed E-state index contributed by atoms with van der Waals surface area (Å²) in [6, 6.07) is 6.88. The first kappa shape index (κ1) is 27.2. The maximum absolute atomic E-state index is 13.0. The van der Waals surface area contributed by atoms with Crippen LogP contribution in [0.5, 0.6) is 0 Å². The number of hydrogen-bond donors (Lipinski definition) is 2. The highest BCUT2D eigenvalue weighted by Gasteiger charge is 2.26. The Kier molecular flexibility index (Phi) is 13.1. The monoisotopic (exact) mass is 456 g/mol. The zero-order valence-corrected chi connectivity index (χ0v) is 18.5. The largest absolute Gasteiger partial charge is 0.369 e. The number of piperazine rings is 1. The van der Waals surface area contributed by atoms with Crippen LogP contribution in [0.4, 0.5) is 10.1 Å². The van der Waals surface area contributed by atoms with Crippen molar-refractivity contribution in [3.8, 4) is 0 Å². The molecule has 1 aliphatic carbocycles. The highest BCUT2D eigenvalue weighted by atomic mass is 35.5. The number of anilines is 1. The van der Waals surface area contributed by atoms with Gasteiger partial charge in [-0.25, -0.2) is 4.39 Å². The van der Waals surface area contributed by atoms with E-state index in [9.17, 15) is 9.18 Å². The molecule has 1 heterocycles. The van der Waals surface area contributed by atoms with Crippen LogP contribution >= 0.6 is 37.2 Å². The molecule has 2 atom stereocenters. The lowest BCUT2D eigenvalue weighted by molar-refractivity contribution is -0.122. The number of benzene rings is 1. The summed E-state index contributed by atoms with van der Waals surface area (Å²) >= 11 is 0. The minimum atomic E-state index is -0.198. The zero-order chi connectivity index (χ0) is 17.6. The molecule has 162 valence electrons. The van der Waals surface area contributed by atoms with Gasteiger partial charge in [0.1, 0.15) is 5.82 Å². The first-order valence-corrected chi connectivity index (χ1v) is 9.37. The molecule has 0 aromatic heterocycles. The summed E-state index contributed by atoms with van der Waals surface area (Å²) in [7, 11) is 0. The number of carbonyl (C=O) groups is 1. The smallest absolute Gasteiger partial charge is 0.220 e. The Morgan fingerprint density at radius 2 is 1.71 bits per heavy atom. The van der Waals surface area contributed by atoms with Gasteiger partial charge in [-0.1, -0.05) is 6.42 Å². The van der Waals surface area contributed by atoms with Crippen LogP contribution in [0.25, 0.3) is 0 Å². The third-order valence-corrected chi connectivity index (χ3v) is 5.48. The second-order valence-electron chi connectivity index (χ2n) is 7.21. The Bertz CT molecular complexity index is 571. The Morgan fingerprint density at radius 1 is 1.07 bits per heavy atom. The van der Waals surface area contributed by atoms with Gasteiger partial charge in [-0.15, -0.1) is 37.2 Å². The van der Waals surface area contributed by atoms with Crippen molar-refractivity contribution in [2.75, 3.05) is 44.2 Å². The van der Waals surface area contributed by atoms with Crippen molar-refractivity contribution in [2.45, 2.75) is 31.7 Å². The van der Waals surface area contributed by atoms with E-state index in [0.29, 0.717) is 18.9 Å². The van der Waals surface area contributed by atoms with Gasteiger partial charge in [0.25, 0.3) is 0 Å². The van der Waals surface area contributed by atoms with Crippen molar-refractivity contribution in [3.05, 3.63) is 30.1 Å². The van der Waals surface area contributed by atoms with E-state index in [1.165, 1.54) is 12.1 Å². The summed E-state index contributed by atoms with van der Waals surface area (Å²) in [6.07, 6.45) is 3.85. The molecule has 5 nitrogen and oxygen atoms in total. The topological polar surface area (TPSA) is 61.6 Å². The highest BCUT2D eigenvalue weighted by Crippen LogP contribution is 2.26. The van der Waals surface area contributed by atoms with Crippen LogP contribution in [-0.4, -0.2) is 56.1 Å². The lowest BCUT2D eigenvalue weighted by Crippen LogP contribution is -2.48. The predicted molar refractivity (Wildman–Crippen MR) is 120 cm³/mol. The number of amides is 1. The van der Waals surface area contributed by atoms with Gasteiger partial charge in [-0.2, -0.15) is 0 Å². The Labute approximate surface area is 185 Å². The van der Waals surface area contributed by atoms with Crippen LogP contribution in [-0.2, 0) is 4.79 Å². The molecule has 1 saturated carbocycles. The highest BCUT2D eigenvalue weighted by molar-refractivity contribution is 5.86. The van der Waals surface area contributed by atoms with Gasteiger partial charge in [0.05, 0.1) is 0 Å². The van der Waals surface area contributed by atoms with Crippen LogP contribution in [0, 0.1) is 11.7 Å². The lowest BCUT2D eigenvalue weighted by atomic mass is 10.00. The SMILES string of the molecule is Cl.Cl.Cl.N[C@@H]1CCC[C@H]1CC(=O)NCCN1CCN(c2ccc(F)cc2)CC1. The molecule has 0 unspecified atom stereocenters. The third kappa shape index (κ3) is 7.91. The van der Waals surface area contributed by atoms with Crippen LogP contribution in [0.1, 0.15) is 25.7 Å². The van der Waals surface area contributed by atoms with E-state index in [0.717, 1.165) is 57.7 Å². The fourth-order valence-electron chi connectivity index (χ4n) is 3.86. The van der Waals surface area contributed by atoms with Crippen LogP contribution in [0.2, 0.25) is 0 Å². The van der Waals surface area contributed by atoms with Gasteiger partial charge >= 0.3 is 0 Å². The second kappa shape index (κ2) is 13.4. The van der Waals surface area contributed by atoms with E-state index < -0.39 is 0 Å². The molecular formula is C19H32Cl3FN4O. The summed E-state index contributed by atoms with van der Waals surface area (Å²) in [4.78, 5) is 16.7. The molecule has 3 rings (SSSR count). The summed E-state index contributed by atoms with van der Waals surface area (Å²) in [6.45, 7) is 5.34. The molecule has 0 spiro atoms. The Balaban J connectivity index is 0.00000243. The van der Waals surface area contributed by atoms with E-state index in [1.807, 2.05) is 12.1 Å². The maximum Gasteiger partial charge on any atom is 0.220 e. The summed E-state index contributed by atoms with van der Waals surface area (Å²) in [5.74, 6) is 0.295. The average molecular weight is 458 g/mol. The predicted octanol–water partition coefficient (Wildman–Crippen LogP) is 2.85. The molecule has 1 aliphatic heterocycles. The van der Waals surface area contributed by atoms with Crippen molar-refractivity contribution >= 4 is 48.8 Å². The number of nitrogens with two attached hydrogens (primary N) is 1. The maximum atomic E-state index is 13.0. The normalized spacial score (nSPS) is 21.9. The minimum absolute atomic E-state index is 0. The van der Waals surface area contributed by atoms with Gasteiger partial charge in [0.2, 0.25) is 5.91 Å². The Hall–Kier alpha value is -0.790.